The highest BCUT2D eigenvalue weighted by molar-refractivity contribution is 6.12. The molecule has 1 atom stereocenters. The number of hydrogen-bond donors (Lipinski definition) is 2. The Morgan fingerprint density at radius 2 is 2.08 bits per heavy atom. The summed E-state index contributed by atoms with van der Waals surface area (Å²) in [6.45, 7) is 1.49. The summed E-state index contributed by atoms with van der Waals surface area (Å²) in [5.74, 6) is -0.699. The molecule has 2 aliphatic heterocycles. The lowest BCUT2D eigenvalue weighted by Gasteiger charge is -2.22. The summed E-state index contributed by atoms with van der Waals surface area (Å²) in [7, 11) is 0. The summed E-state index contributed by atoms with van der Waals surface area (Å²) < 4.78 is 1.99. The van der Waals surface area contributed by atoms with Crippen molar-refractivity contribution in [2.24, 2.45) is 0 Å². The van der Waals surface area contributed by atoms with Gasteiger partial charge in [-0.15, -0.1) is 0 Å². The maximum absolute atomic E-state index is 12.9. The van der Waals surface area contributed by atoms with E-state index in [2.05, 4.69) is 15.6 Å². The van der Waals surface area contributed by atoms with E-state index in [1.165, 1.54) is 5.56 Å². The number of nitrogens with one attached hydrogen (secondary N) is 2. The average molecular weight is 346 g/mol. The van der Waals surface area contributed by atoms with Crippen LogP contribution in [0.3, 0.4) is 0 Å². The predicted molar refractivity (Wildman–Crippen MR) is 99.4 cm³/mol. The monoisotopic (exact) mass is 346 g/mol. The number of hydrogen-bond acceptors (Lipinski definition) is 4. The molecule has 0 bridgehead atoms. The molecular weight excluding hydrogens is 328 g/mol. The summed E-state index contributed by atoms with van der Waals surface area (Å²) in [6.07, 6.45) is 1.29. The Bertz CT molecular complexity index is 1050. The zero-order valence-corrected chi connectivity index (χ0v) is 14.2. The van der Waals surface area contributed by atoms with Crippen LogP contribution in [0.25, 0.3) is 11.0 Å². The normalized spacial score (nSPS) is 18.3. The molecule has 2 N–H and O–H groups in total. The van der Waals surface area contributed by atoms with Crippen molar-refractivity contribution in [3.8, 4) is 0 Å². The van der Waals surface area contributed by atoms with Crippen molar-refractivity contribution in [3.05, 3.63) is 53.9 Å². The van der Waals surface area contributed by atoms with Crippen LogP contribution >= 0.6 is 0 Å². The van der Waals surface area contributed by atoms with E-state index in [-0.39, 0.29) is 11.7 Å². The summed E-state index contributed by atoms with van der Waals surface area (Å²) in [4.78, 5) is 30.0. The predicted octanol–water partition coefficient (Wildman–Crippen LogP) is 2.70. The first-order valence-corrected chi connectivity index (χ1v) is 8.86. The van der Waals surface area contributed by atoms with Crippen LogP contribution in [0.2, 0.25) is 0 Å². The van der Waals surface area contributed by atoms with Crippen molar-refractivity contribution in [1.29, 1.82) is 0 Å². The van der Waals surface area contributed by atoms with E-state index in [0.29, 0.717) is 18.8 Å². The van der Waals surface area contributed by atoms with Crippen LogP contribution in [-0.4, -0.2) is 27.8 Å². The lowest BCUT2D eigenvalue weighted by atomic mass is 9.96. The third-order valence-corrected chi connectivity index (χ3v) is 5.19. The molecular formula is C20H18N4O2. The maximum atomic E-state index is 12.9. The van der Waals surface area contributed by atoms with Crippen LogP contribution < -0.4 is 10.6 Å². The Hall–Kier alpha value is -3.15. The largest absolute Gasteiger partial charge is 0.384 e. The Morgan fingerprint density at radius 3 is 3.00 bits per heavy atom. The number of rotatable bonds is 2. The van der Waals surface area contributed by atoms with Crippen molar-refractivity contribution in [2.45, 2.75) is 25.3 Å². The molecule has 3 heterocycles. The Labute approximate surface area is 150 Å². The van der Waals surface area contributed by atoms with E-state index < -0.39 is 5.92 Å². The van der Waals surface area contributed by atoms with Gasteiger partial charge in [0.25, 0.3) is 0 Å². The number of imidazole rings is 1. The fourth-order valence-electron chi connectivity index (χ4n) is 3.92. The maximum Gasteiger partial charge on any atom is 0.242 e. The molecule has 1 aromatic heterocycles. The highest BCUT2D eigenvalue weighted by atomic mass is 16.2. The van der Waals surface area contributed by atoms with E-state index in [1.807, 2.05) is 47.0 Å². The molecule has 0 aliphatic carbocycles. The van der Waals surface area contributed by atoms with Crippen molar-refractivity contribution in [1.82, 2.24) is 9.55 Å². The molecule has 2 aliphatic rings. The van der Waals surface area contributed by atoms with Gasteiger partial charge in [0, 0.05) is 30.9 Å². The lowest BCUT2D eigenvalue weighted by molar-refractivity contribution is -0.128. The fraction of sp³-hybridized carbons (Fsp3) is 0.250. The number of para-hydroxylation sites is 2. The number of aryl methyl sites for hydroxylation is 1. The van der Waals surface area contributed by atoms with Gasteiger partial charge in [-0.2, -0.15) is 0 Å². The number of benzene rings is 2. The number of amides is 1. The second kappa shape index (κ2) is 5.69. The molecule has 0 fully saturated rings. The molecule has 0 spiro atoms. The third-order valence-electron chi connectivity index (χ3n) is 5.19. The molecule has 0 radical (unpaired) electrons. The van der Waals surface area contributed by atoms with Gasteiger partial charge in [0.1, 0.15) is 5.82 Å². The number of ketones is 1. The molecule has 6 nitrogen and oxygen atoms in total. The van der Waals surface area contributed by atoms with E-state index in [4.69, 9.17) is 0 Å². The topological polar surface area (TPSA) is 76.0 Å². The Kier molecular flexibility index (Phi) is 3.31. The highest BCUT2D eigenvalue weighted by Crippen LogP contribution is 2.30. The number of carbonyl (C=O) groups is 2. The zero-order valence-electron chi connectivity index (χ0n) is 14.2. The molecule has 0 saturated heterocycles. The number of anilines is 2. The molecule has 1 unspecified atom stereocenters. The summed E-state index contributed by atoms with van der Waals surface area (Å²) in [6, 6.07) is 13.6. The van der Waals surface area contributed by atoms with E-state index >= 15 is 0 Å². The minimum Gasteiger partial charge on any atom is -0.384 e. The summed E-state index contributed by atoms with van der Waals surface area (Å²) in [5, 5.41) is 6.21. The quantitative estimate of drug-likeness (QED) is 0.700. The first kappa shape index (κ1) is 15.1. The van der Waals surface area contributed by atoms with Gasteiger partial charge in [-0.25, -0.2) is 4.98 Å². The van der Waals surface area contributed by atoms with Gasteiger partial charge in [0.2, 0.25) is 5.91 Å². The van der Waals surface area contributed by atoms with Crippen LogP contribution in [-0.2, 0) is 22.6 Å². The molecule has 0 saturated carbocycles. The molecule has 2 aromatic carbocycles. The van der Waals surface area contributed by atoms with E-state index in [0.717, 1.165) is 35.4 Å². The van der Waals surface area contributed by atoms with Crippen molar-refractivity contribution < 1.29 is 9.59 Å². The van der Waals surface area contributed by atoms with E-state index in [1.54, 1.807) is 0 Å². The van der Waals surface area contributed by atoms with Gasteiger partial charge in [-0.3, -0.25) is 9.59 Å². The summed E-state index contributed by atoms with van der Waals surface area (Å²) in [5.41, 5.74) is 4.80. The number of aromatic nitrogens is 2. The van der Waals surface area contributed by atoms with E-state index in [9.17, 15) is 9.59 Å². The number of carbonyl (C=O) groups excluding carboxylic acids is 2. The lowest BCUT2D eigenvalue weighted by Crippen LogP contribution is -2.34. The van der Waals surface area contributed by atoms with Gasteiger partial charge in [-0.05, 0) is 42.3 Å². The molecule has 26 heavy (non-hydrogen) atoms. The van der Waals surface area contributed by atoms with Gasteiger partial charge < -0.3 is 15.2 Å². The number of fused-ring (bicyclic) bond motifs is 4. The minimum absolute atomic E-state index is 0.0758. The number of Topliss-reactive ketones (excluding diaryl/α,β-unsaturated/α-hetero) is 1. The van der Waals surface area contributed by atoms with Crippen LogP contribution in [0.4, 0.5) is 11.4 Å². The fourth-order valence-corrected chi connectivity index (χ4v) is 3.92. The first-order valence-electron chi connectivity index (χ1n) is 8.86. The smallest absolute Gasteiger partial charge is 0.242 e. The Morgan fingerprint density at radius 1 is 1.19 bits per heavy atom. The molecule has 130 valence electrons. The average Bonchev–Trinajstić information content (AvgIpc) is 3.24. The van der Waals surface area contributed by atoms with Crippen molar-refractivity contribution in [2.75, 3.05) is 17.2 Å². The van der Waals surface area contributed by atoms with Gasteiger partial charge in [0.05, 0.1) is 11.0 Å². The van der Waals surface area contributed by atoms with Gasteiger partial charge in [0.15, 0.2) is 11.7 Å². The van der Waals surface area contributed by atoms with Crippen LogP contribution in [0.1, 0.15) is 23.7 Å². The molecule has 3 aromatic rings. The first-order chi connectivity index (χ1) is 12.7. The van der Waals surface area contributed by atoms with Gasteiger partial charge >= 0.3 is 0 Å². The highest BCUT2D eigenvalue weighted by Gasteiger charge is 2.36. The van der Waals surface area contributed by atoms with Crippen LogP contribution in [0.5, 0.6) is 0 Å². The SMILES string of the molecule is O=C1CCn2c(nc3ccccc32)C1C(=O)Nc1ccc2c(c1)CCN2. The van der Waals surface area contributed by atoms with Crippen molar-refractivity contribution in [3.63, 3.8) is 0 Å². The van der Waals surface area contributed by atoms with Crippen LogP contribution in [0.15, 0.2) is 42.5 Å². The van der Waals surface area contributed by atoms with Crippen LogP contribution in [0, 0.1) is 0 Å². The molecule has 6 heteroatoms. The van der Waals surface area contributed by atoms with Gasteiger partial charge in [-0.1, -0.05) is 12.1 Å². The second-order valence-electron chi connectivity index (χ2n) is 6.80. The Balaban J connectivity index is 1.49. The molecule has 5 rings (SSSR count). The summed E-state index contributed by atoms with van der Waals surface area (Å²) >= 11 is 0. The third kappa shape index (κ3) is 2.29. The zero-order chi connectivity index (χ0) is 17.7. The number of nitrogens with zero attached hydrogens (tertiary/aromatic N) is 2. The second-order valence-corrected chi connectivity index (χ2v) is 6.80. The standard InChI is InChI=1S/C20H18N4O2/c25-17-8-10-24-16-4-2-1-3-15(16)23-19(24)18(17)20(26)22-13-5-6-14-12(11-13)7-9-21-14/h1-6,11,18,21H,7-10H2,(H,22,26). The molecule has 1 amide bonds. The van der Waals surface area contributed by atoms with Crippen molar-refractivity contribution >= 4 is 34.1 Å². The minimum atomic E-state index is -0.859.